The van der Waals surface area contributed by atoms with Gasteiger partial charge in [0, 0.05) is 34.6 Å². The lowest BCUT2D eigenvalue weighted by Gasteiger charge is -2.32. The summed E-state index contributed by atoms with van der Waals surface area (Å²) in [5.74, 6) is -0.0873. The summed E-state index contributed by atoms with van der Waals surface area (Å²) < 4.78 is 28.9. The van der Waals surface area contributed by atoms with Crippen molar-refractivity contribution in [1.82, 2.24) is 4.72 Å². The van der Waals surface area contributed by atoms with Gasteiger partial charge in [0.2, 0.25) is 15.9 Å². The Balaban J connectivity index is 1.85. The lowest BCUT2D eigenvalue weighted by atomic mass is 10.2. The molecule has 0 bridgehead atoms. The first-order valence-corrected chi connectivity index (χ1v) is 11.2. The second-order valence-corrected chi connectivity index (χ2v) is 10.3. The van der Waals surface area contributed by atoms with Crippen molar-refractivity contribution in [3.8, 4) is 0 Å². The van der Waals surface area contributed by atoms with Gasteiger partial charge in [0.15, 0.2) is 0 Å². The van der Waals surface area contributed by atoms with Crippen LogP contribution in [0.2, 0.25) is 0 Å². The summed E-state index contributed by atoms with van der Waals surface area (Å²) in [7, 11) is -3.67. The highest BCUT2D eigenvalue weighted by molar-refractivity contribution is 9.10. The van der Waals surface area contributed by atoms with Gasteiger partial charge in [0.05, 0.1) is 10.6 Å². The molecule has 0 aromatic heterocycles. The highest BCUT2D eigenvalue weighted by Gasteiger charge is 2.27. The van der Waals surface area contributed by atoms with Gasteiger partial charge in [-0.15, -0.1) is 11.8 Å². The Kier molecular flexibility index (Phi) is 5.76. The van der Waals surface area contributed by atoms with E-state index in [1.807, 2.05) is 31.2 Å². The first kappa shape index (κ1) is 19.4. The van der Waals surface area contributed by atoms with Crippen LogP contribution in [0.1, 0.15) is 19.4 Å². The normalized spacial score (nSPS) is 17.0. The molecule has 1 unspecified atom stereocenters. The first-order valence-electron chi connectivity index (χ1n) is 8.09. The van der Waals surface area contributed by atoms with Crippen LogP contribution in [0.3, 0.4) is 0 Å². The van der Waals surface area contributed by atoms with Crippen LogP contribution in [-0.2, 0) is 21.4 Å². The molecule has 0 saturated heterocycles. The van der Waals surface area contributed by atoms with Crippen molar-refractivity contribution in [3.05, 3.63) is 52.5 Å². The van der Waals surface area contributed by atoms with E-state index >= 15 is 0 Å². The van der Waals surface area contributed by atoms with Gasteiger partial charge < -0.3 is 4.90 Å². The Hall–Kier alpha value is -1.35. The number of anilines is 1. The van der Waals surface area contributed by atoms with Crippen molar-refractivity contribution in [2.45, 2.75) is 35.4 Å². The van der Waals surface area contributed by atoms with E-state index in [0.717, 1.165) is 14.9 Å². The molecule has 0 fully saturated rings. The molecule has 0 aliphatic carbocycles. The zero-order valence-corrected chi connectivity index (χ0v) is 17.6. The minimum atomic E-state index is -3.67. The van der Waals surface area contributed by atoms with E-state index in [1.54, 1.807) is 34.9 Å². The molecule has 1 aliphatic rings. The zero-order valence-electron chi connectivity index (χ0n) is 14.4. The summed E-state index contributed by atoms with van der Waals surface area (Å²) in [6, 6.07) is 12.4. The predicted molar refractivity (Wildman–Crippen MR) is 108 cm³/mol. The van der Waals surface area contributed by atoms with Crippen molar-refractivity contribution < 1.29 is 13.2 Å². The van der Waals surface area contributed by atoms with Gasteiger partial charge in [0.25, 0.3) is 0 Å². The topological polar surface area (TPSA) is 66.5 Å². The second-order valence-electron chi connectivity index (χ2n) is 6.14. The molecular weight excluding hydrogens is 436 g/mol. The summed E-state index contributed by atoms with van der Waals surface area (Å²) in [6.07, 6.45) is 0. The van der Waals surface area contributed by atoms with Crippen LogP contribution in [0.4, 0.5) is 5.69 Å². The number of nitrogens with one attached hydrogen (secondary N) is 1. The van der Waals surface area contributed by atoms with Crippen molar-refractivity contribution >= 4 is 49.3 Å². The lowest BCUT2D eigenvalue weighted by molar-refractivity contribution is -0.116. The van der Waals surface area contributed by atoms with Gasteiger partial charge >= 0.3 is 0 Å². The number of nitrogens with zero attached hydrogens (tertiary/aromatic N) is 1. The number of carbonyl (C=O) groups excluding carboxylic acids is 1. The fourth-order valence-corrected chi connectivity index (χ4v) is 5.14. The molecule has 0 radical (unpaired) electrons. The van der Waals surface area contributed by atoms with Crippen molar-refractivity contribution in [2.75, 3.05) is 11.4 Å². The number of thioether (sulfide) groups is 1. The van der Waals surface area contributed by atoms with Crippen molar-refractivity contribution in [3.63, 3.8) is 0 Å². The Morgan fingerprint density at radius 3 is 2.62 bits per heavy atom. The monoisotopic (exact) mass is 454 g/mol. The Morgan fingerprint density at radius 2 is 1.96 bits per heavy atom. The molecule has 138 valence electrons. The molecule has 8 heteroatoms. The second kappa shape index (κ2) is 7.72. The lowest BCUT2D eigenvalue weighted by Crippen LogP contribution is -2.37. The highest BCUT2D eigenvalue weighted by atomic mass is 79.9. The smallest absolute Gasteiger partial charge is 0.240 e. The van der Waals surface area contributed by atoms with Gasteiger partial charge in [-0.1, -0.05) is 35.0 Å². The summed E-state index contributed by atoms with van der Waals surface area (Å²) in [5.41, 5.74) is 1.52. The van der Waals surface area contributed by atoms with Gasteiger partial charge in [-0.2, -0.15) is 0 Å². The van der Waals surface area contributed by atoms with Crippen molar-refractivity contribution in [1.29, 1.82) is 0 Å². The average molecular weight is 455 g/mol. The quantitative estimate of drug-likeness (QED) is 0.762. The molecule has 1 heterocycles. The van der Waals surface area contributed by atoms with Crippen LogP contribution >= 0.6 is 27.7 Å². The number of fused-ring (bicyclic) bond motifs is 1. The van der Waals surface area contributed by atoms with Crippen LogP contribution in [0.25, 0.3) is 0 Å². The Morgan fingerprint density at radius 1 is 1.27 bits per heavy atom. The summed E-state index contributed by atoms with van der Waals surface area (Å²) in [4.78, 5) is 14.7. The number of sulfonamides is 1. The Bertz CT molecular complexity index is 930. The van der Waals surface area contributed by atoms with Crippen LogP contribution in [0.5, 0.6) is 0 Å². The molecular formula is C18H19BrN2O3S2. The van der Waals surface area contributed by atoms with E-state index in [9.17, 15) is 13.2 Å². The van der Waals surface area contributed by atoms with Crippen LogP contribution in [-0.4, -0.2) is 26.1 Å². The number of hydrogen-bond acceptors (Lipinski definition) is 4. The minimum absolute atomic E-state index is 0.0873. The molecule has 0 spiro atoms. The van der Waals surface area contributed by atoms with Gasteiger partial charge in [-0.25, -0.2) is 13.1 Å². The molecule has 3 rings (SSSR count). The average Bonchev–Trinajstić information content (AvgIpc) is 2.60. The molecule has 5 nitrogen and oxygen atoms in total. The third-order valence-electron chi connectivity index (χ3n) is 4.06. The van der Waals surface area contributed by atoms with E-state index in [-0.39, 0.29) is 22.6 Å². The molecule has 1 aliphatic heterocycles. The fourth-order valence-electron chi connectivity index (χ4n) is 2.75. The van der Waals surface area contributed by atoms with Crippen molar-refractivity contribution in [2.24, 2.45) is 0 Å². The number of halogens is 1. The zero-order chi connectivity index (χ0) is 18.9. The van der Waals surface area contributed by atoms with E-state index in [0.29, 0.717) is 12.2 Å². The van der Waals surface area contributed by atoms with E-state index < -0.39 is 10.0 Å². The standard InChI is InChI=1S/C18H19BrN2O3S2/c1-12-11-21(13(2)22)17-9-16(7-8-18(17)25-12)26(23,24)20-10-14-3-5-15(19)6-4-14/h3-9,12,20H,10-11H2,1-2H3. The summed E-state index contributed by atoms with van der Waals surface area (Å²) in [6.45, 7) is 4.32. The van der Waals surface area contributed by atoms with Crippen LogP contribution in [0, 0.1) is 0 Å². The third-order valence-corrected chi connectivity index (χ3v) is 7.14. The van der Waals surface area contributed by atoms with Crippen LogP contribution < -0.4 is 9.62 Å². The minimum Gasteiger partial charge on any atom is -0.310 e. The first-order chi connectivity index (χ1) is 12.3. The third kappa shape index (κ3) is 4.31. The number of rotatable bonds is 4. The van der Waals surface area contributed by atoms with Crippen LogP contribution in [0.15, 0.2) is 56.7 Å². The van der Waals surface area contributed by atoms with Gasteiger partial charge in [-0.3, -0.25) is 4.79 Å². The highest BCUT2D eigenvalue weighted by Crippen LogP contribution is 2.39. The molecule has 2 aromatic carbocycles. The van der Waals surface area contributed by atoms with E-state index in [4.69, 9.17) is 0 Å². The predicted octanol–water partition coefficient (Wildman–Crippen LogP) is 3.77. The number of hydrogen-bond donors (Lipinski definition) is 1. The van der Waals surface area contributed by atoms with Gasteiger partial charge in [-0.05, 0) is 35.9 Å². The molecule has 2 aromatic rings. The van der Waals surface area contributed by atoms with E-state index in [2.05, 4.69) is 20.7 Å². The number of carbonyl (C=O) groups is 1. The largest absolute Gasteiger partial charge is 0.310 e. The van der Waals surface area contributed by atoms with Gasteiger partial charge in [0.1, 0.15) is 0 Å². The molecule has 1 amide bonds. The molecule has 0 saturated carbocycles. The maximum atomic E-state index is 12.7. The fraction of sp³-hybridized carbons (Fsp3) is 0.278. The number of benzene rings is 2. The maximum Gasteiger partial charge on any atom is 0.240 e. The maximum absolute atomic E-state index is 12.7. The number of amides is 1. The van der Waals surface area contributed by atoms with E-state index in [1.165, 1.54) is 6.92 Å². The summed E-state index contributed by atoms with van der Waals surface area (Å²) >= 11 is 5.01. The Labute approximate surface area is 166 Å². The molecule has 1 N–H and O–H groups in total. The summed E-state index contributed by atoms with van der Waals surface area (Å²) in [5, 5.41) is 0.268. The molecule has 1 atom stereocenters. The SMILES string of the molecule is CC(=O)N1CC(C)Sc2ccc(S(=O)(=O)NCc3ccc(Br)cc3)cc21. The molecule has 26 heavy (non-hydrogen) atoms.